The van der Waals surface area contributed by atoms with Crippen molar-refractivity contribution in [2.75, 3.05) is 29.9 Å². The van der Waals surface area contributed by atoms with E-state index >= 15 is 0 Å². The molecule has 0 spiro atoms. The molecule has 1 aliphatic rings. The summed E-state index contributed by atoms with van der Waals surface area (Å²) in [6, 6.07) is 4.72. The van der Waals surface area contributed by atoms with Gasteiger partial charge in [0.15, 0.2) is 4.90 Å². The van der Waals surface area contributed by atoms with Crippen molar-refractivity contribution >= 4 is 33.4 Å². The molecule has 1 unspecified atom stereocenters. The number of nitro benzene ring substituents is 1. The van der Waals surface area contributed by atoms with Gasteiger partial charge in [0.1, 0.15) is 11.4 Å². The molecule has 1 aromatic carbocycles. The summed E-state index contributed by atoms with van der Waals surface area (Å²) in [5.41, 5.74) is -0.604. The Kier molecular flexibility index (Phi) is 6.65. The molecule has 0 saturated carbocycles. The minimum atomic E-state index is -4.15. The van der Waals surface area contributed by atoms with Crippen LogP contribution in [0.1, 0.15) is 30.1 Å². The lowest BCUT2D eigenvalue weighted by atomic mass is 10.2. The second kappa shape index (κ2) is 9.22. The third-order valence-electron chi connectivity index (χ3n) is 4.84. The van der Waals surface area contributed by atoms with E-state index in [9.17, 15) is 28.4 Å². The smallest absolute Gasteiger partial charge is 0.341 e. The summed E-state index contributed by atoms with van der Waals surface area (Å²) >= 11 is 0. The molecule has 0 aliphatic carbocycles. The Morgan fingerprint density at radius 1 is 1.39 bits per heavy atom. The number of carboxylic acids is 1. The average Bonchev–Trinajstić information content (AvgIpc) is 3.21. The van der Waals surface area contributed by atoms with Gasteiger partial charge in [0.2, 0.25) is 16.0 Å². The molecule has 2 heterocycles. The van der Waals surface area contributed by atoms with Gasteiger partial charge in [-0.2, -0.15) is 4.98 Å². The predicted octanol–water partition coefficient (Wildman–Crippen LogP) is 1.46. The topological polar surface area (TPSA) is 168 Å². The van der Waals surface area contributed by atoms with Gasteiger partial charge in [-0.1, -0.05) is 12.1 Å². The van der Waals surface area contributed by atoms with E-state index in [1.165, 1.54) is 24.4 Å². The zero-order valence-corrected chi connectivity index (χ0v) is 17.5. The molecule has 1 atom stereocenters. The molecule has 2 aromatic rings. The second-order valence-electron chi connectivity index (χ2n) is 6.83. The highest BCUT2D eigenvalue weighted by Gasteiger charge is 2.32. The van der Waals surface area contributed by atoms with Gasteiger partial charge >= 0.3 is 5.97 Å². The monoisotopic (exact) mass is 450 g/mol. The lowest BCUT2D eigenvalue weighted by Crippen LogP contribution is -2.41. The van der Waals surface area contributed by atoms with E-state index in [4.69, 9.17) is 0 Å². The van der Waals surface area contributed by atoms with Crippen LogP contribution in [0.15, 0.2) is 35.4 Å². The van der Waals surface area contributed by atoms with E-state index in [2.05, 4.69) is 20.0 Å². The first-order valence-electron chi connectivity index (χ1n) is 9.58. The molecule has 3 rings (SSSR count). The van der Waals surface area contributed by atoms with Crippen molar-refractivity contribution in [1.82, 2.24) is 14.7 Å². The molecular weight excluding hydrogens is 428 g/mol. The first-order chi connectivity index (χ1) is 14.7. The molecule has 1 saturated heterocycles. The lowest BCUT2D eigenvalue weighted by molar-refractivity contribution is -0.387. The Balaban J connectivity index is 1.85. The van der Waals surface area contributed by atoms with Gasteiger partial charge in [-0.05, 0) is 25.8 Å². The summed E-state index contributed by atoms with van der Waals surface area (Å²) in [6.07, 6.45) is 2.52. The summed E-state index contributed by atoms with van der Waals surface area (Å²) in [6.45, 7) is 2.82. The van der Waals surface area contributed by atoms with Crippen LogP contribution in [-0.2, 0) is 10.0 Å². The molecule has 0 amide bonds. The third-order valence-corrected chi connectivity index (χ3v) is 6.31. The van der Waals surface area contributed by atoms with Crippen molar-refractivity contribution in [1.29, 1.82) is 0 Å². The molecule has 0 bridgehead atoms. The zero-order chi connectivity index (χ0) is 22.6. The van der Waals surface area contributed by atoms with Gasteiger partial charge in [0, 0.05) is 37.9 Å². The highest BCUT2D eigenvalue weighted by atomic mass is 32.2. The van der Waals surface area contributed by atoms with Crippen LogP contribution in [0.2, 0.25) is 0 Å². The van der Waals surface area contributed by atoms with Gasteiger partial charge in [-0.3, -0.25) is 10.1 Å². The number of benzene rings is 1. The molecule has 1 aromatic heterocycles. The quantitative estimate of drug-likeness (QED) is 0.376. The Bertz CT molecular complexity index is 1090. The molecule has 31 heavy (non-hydrogen) atoms. The van der Waals surface area contributed by atoms with Gasteiger partial charge < -0.3 is 15.3 Å². The number of hydrogen-bond acceptors (Lipinski definition) is 9. The summed E-state index contributed by atoms with van der Waals surface area (Å²) in [4.78, 5) is 31.7. The van der Waals surface area contributed by atoms with Crippen LogP contribution in [0.25, 0.3) is 0 Å². The number of carboxylic acid groups (broad SMARTS) is 1. The van der Waals surface area contributed by atoms with Gasteiger partial charge in [0.05, 0.1) is 4.92 Å². The maximum absolute atomic E-state index is 12.7. The first-order valence-corrected chi connectivity index (χ1v) is 11.1. The van der Waals surface area contributed by atoms with Crippen molar-refractivity contribution in [2.24, 2.45) is 0 Å². The van der Waals surface area contributed by atoms with Crippen molar-refractivity contribution in [3.8, 4) is 0 Å². The zero-order valence-electron chi connectivity index (χ0n) is 16.7. The van der Waals surface area contributed by atoms with Crippen LogP contribution < -0.4 is 14.9 Å². The molecule has 3 N–H and O–H groups in total. The number of nitro groups is 1. The Labute approximate surface area is 178 Å². The first kappa shape index (κ1) is 22.4. The van der Waals surface area contributed by atoms with E-state index in [1.807, 2.05) is 6.92 Å². The summed E-state index contributed by atoms with van der Waals surface area (Å²) in [5.74, 6) is -0.719. The molecular formula is C18H22N6O6S. The Morgan fingerprint density at radius 3 is 2.81 bits per heavy atom. The van der Waals surface area contributed by atoms with Crippen molar-refractivity contribution < 1.29 is 23.2 Å². The standard InChI is InChI=1S/C18H22N6O6S/c1-2-19-18-20-11-13(17(25)26)16(22-18)23-9-5-6-12(23)10-21-31(29,30)15-8-4-3-7-14(15)24(27)28/h3-4,7-8,11-12,21H,2,5-6,9-10H2,1H3,(H,25,26)(H,19,20,22). The van der Waals surface area contributed by atoms with E-state index in [-0.39, 0.29) is 29.9 Å². The maximum atomic E-state index is 12.7. The number of para-hydroxylation sites is 1. The minimum absolute atomic E-state index is 0.0615. The average molecular weight is 450 g/mol. The number of aromatic carboxylic acids is 1. The third kappa shape index (κ3) is 4.88. The number of aromatic nitrogens is 2. The molecule has 166 valence electrons. The fourth-order valence-corrected chi connectivity index (χ4v) is 4.67. The highest BCUT2D eigenvalue weighted by Crippen LogP contribution is 2.28. The van der Waals surface area contributed by atoms with Crippen LogP contribution in [0.4, 0.5) is 17.5 Å². The second-order valence-corrected chi connectivity index (χ2v) is 8.57. The number of nitrogens with one attached hydrogen (secondary N) is 2. The van der Waals surface area contributed by atoms with Gasteiger partial charge in [0.25, 0.3) is 5.69 Å². The van der Waals surface area contributed by atoms with Crippen molar-refractivity contribution in [2.45, 2.75) is 30.7 Å². The molecule has 13 heteroatoms. The van der Waals surface area contributed by atoms with Crippen molar-refractivity contribution in [3.05, 3.63) is 46.1 Å². The van der Waals surface area contributed by atoms with Gasteiger partial charge in [-0.15, -0.1) is 0 Å². The molecule has 1 aliphatic heterocycles. The number of nitrogens with zero attached hydrogens (tertiary/aromatic N) is 4. The van der Waals surface area contributed by atoms with E-state index in [0.717, 1.165) is 6.07 Å². The van der Waals surface area contributed by atoms with Crippen LogP contribution >= 0.6 is 0 Å². The molecule has 1 fully saturated rings. The summed E-state index contributed by atoms with van der Waals surface area (Å²) in [5, 5.41) is 23.6. The van der Waals surface area contributed by atoms with E-state index < -0.39 is 31.5 Å². The number of sulfonamides is 1. The van der Waals surface area contributed by atoms with Crippen LogP contribution in [0.5, 0.6) is 0 Å². The largest absolute Gasteiger partial charge is 0.477 e. The predicted molar refractivity (Wildman–Crippen MR) is 112 cm³/mol. The molecule has 12 nitrogen and oxygen atoms in total. The molecule has 0 radical (unpaired) electrons. The Morgan fingerprint density at radius 2 is 2.13 bits per heavy atom. The fraction of sp³-hybridized carbons (Fsp3) is 0.389. The van der Waals surface area contributed by atoms with Crippen LogP contribution in [-0.4, -0.2) is 60.1 Å². The summed E-state index contributed by atoms with van der Waals surface area (Å²) < 4.78 is 27.8. The number of rotatable bonds is 9. The van der Waals surface area contributed by atoms with E-state index in [1.54, 1.807) is 4.90 Å². The SMILES string of the molecule is CCNc1ncc(C(=O)O)c(N2CCCC2CNS(=O)(=O)c2ccccc2[N+](=O)[O-])n1. The normalized spacial score (nSPS) is 16.3. The van der Waals surface area contributed by atoms with E-state index in [0.29, 0.717) is 25.9 Å². The summed E-state index contributed by atoms with van der Waals surface area (Å²) in [7, 11) is -4.15. The van der Waals surface area contributed by atoms with Crippen LogP contribution in [0, 0.1) is 10.1 Å². The van der Waals surface area contributed by atoms with Crippen LogP contribution in [0.3, 0.4) is 0 Å². The fourth-order valence-electron chi connectivity index (χ4n) is 3.43. The van der Waals surface area contributed by atoms with Gasteiger partial charge in [-0.25, -0.2) is 22.9 Å². The number of hydrogen-bond donors (Lipinski definition) is 3. The number of anilines is 2. The highest BCUT2D eigenvalue weighted by molar-refractivity contribution is 7.89. The van der Waals surface area contributed by atoms with Crippen molar-refractivity contribution in [3.63, 3.8) is 0 Å². The Hall–Kier alpha value is -3.32. The minimum Gasteiger partial charge on any atom is -0.477 e. The maximum Gasteiger partial charge on any atom is 0.341 e. The number of carbonyl (C=O) groups is 1. The lowest BCUT2D eigenvalue weighted by Gasteiger charge is -2.27.